The van der Waals surface area contributed by atoms with Crippen LogP contribution in [0.3, 0.4) is 0 Å². The van der Waals surface area contributed by atoms with E-state index in [1.54, 1.807) is 48.2 Å². The Morgan fingerprint density at radius 3 is 2.58 bits per heavy atom. The number of nitriles is 1. The van der Waals surface area contributed by atoms with Crippen LogP contribution in [-0.4, -0.2) is 27.0 Å². The standard InChI is InChI=1S/C25H23N5O3/c1-15(2)14-30-22(28-24(31)17-7-9-19(33-4)10-8-17)18(13-26)12-20-23(30)27-21-16(3)6-5-11-29(21)25(20)32/h5-12,15H,14H2,1-4H3. The van der Waals surface area contributed by atoms with Crippen molar-refractivity contribution >= 4 is 22.6 Å². The second-order valence-corrected chi connectivity index (χ2v) is 8.18. The van der Waals surface area contributed by atoms with Crippen LogP contribution in [0, 0.1) is 24.2 Å². The molecule has 0 fully saturated rings. The third-order valence-electron chi connectivity index (χ3n) is 5.32. The third-order valence-corrected chi connectivity index (χ3v) is 5.32. The Bertz CT molecular complexity index is 1550. The lowest BCUT2D eigenvalue weighted by Crippen LogP contribution is -2.31. The Morgan fingerprint density at radius 2 is 1.94 bits per heavy atom. The molecule has 4 aromatic rings. The predicted molar refractivity (Wildman–Crippen MR) is 124 cm³/mol. The monoisotopic (exact) mass is 441 g/mol. The van der Waals surface area contributed by atoms with E-state index in [0.717, 1.165) is 5.56 Å². The van der Waals surface area contributed by atoms with Crippen LogP contribution in [0.4, 0.5) is 0 Å². The summed E-state index contributed by atoms with van der Waals surface area (Å²) < 4.78 is 8.31. The molecule has 4 rings (SSSR count). The smallest absolute Gasteiger partial charge is 0.278 e. The number of rotatable bonds is 4. The number of nitrogens with zero attached hydrogens (tertiary/aromatic N) is 5. The zero-order chi connectivity index (χ0) is 23.7. The molecule has 1 aromatic carbocycles. The average molecular weight is 441 g/mol. The van der Waals surface area contributed by atoms with Crippen molar-refractivity contribution in [3.05, 3.63) is 81.2 Å². The van der Waals surface area contributed by atoms with E-state index in [2.05, 4.69) is 11.1 Å². The molecule has 8 heteroatoms. The molecule has 33 heavy (non-hydrogen) atoms. The van der Waals surface area contributed by atoms with E-state index in [9.17, 15) is 14.9 Å². The number of carbonyl (C=O) groups is 1. The van der Waals surface area contributed by atoms with Crippen molar-refractivity contribution in [2.45, 2.75) is 27.3 Å². The molecular weight excluding hydrogens is 418 g/mol. The number of benzene rings is 1. The molecule has 0 saturated carbocycles. The highest BCUT2D eigenvalue weighted by Crippen LogP contribution is 2.15. The Labute approximate surface area is 190 Å². The van der Waals surface area contributed by atoms with Crippen molar-refractivity contribution in [2.24, 2.45) is 10.9 Å². The molecule has 8 nitrogen and oxygen atoms in total. The van der Waals surface area contributed by atoms with Gasteiger partial charge in [-0.1, -0.05) is 19.9 Å². The summed E-state index contributed by atoms with van der Waals surface area (Å²) in [6.07, 6.45) is 1.65. The van der Waals surface area contributed by atoms with Gasteiger partial charge in [-0.15, -0.1) is 0 Å². The van der Waals surface area contributed by atoms with Crippen molar-refractivity contribution in [1.29, 1.82) is 5.26 Å². The van der Waals surface area contributed by atoms with Crippen molar-refractivity contribution in [2.75, 3.05) is 7.11 Å². The van der Waals surface area contributed by atoms with Crippen LogP contribution in [0.2, 0.25) is 0 Å². The minimum atomic E-state index is -0.500. The maximum absolute atomic E-state index is 13.3. The van der Waals surface area contributed by atoms with Crippen molar-refractivity contribution in [1.82, 2.24) is 14.0 Å². The van der Waals surface area contributed by atoms with Gasteiger partial charge in [-0.05, 0) is 54.8 Å². The molecule has 166 valence electrons. The quantitative estimate of drug-likeness (QED) is 0.453. The summed E-state index contributed by atoms with van der Waals surface area (Å²) in [5.41, 5.74) is 2.15. The molecule has 0 radical (unpaired) electrons. The van der Waals surface area contributed by atoms with Gasteiger partial charge < -0.3 is 9.30 Å². The van der Waals surface area contributed by atoms with E-state index in [0.29, 0.717) is 34.5 Å². The number of methoxy groups -OCH3 is 1. The molecule has 3 aromatic heterocycles. The highest BCUT2D eigenvalue weighted by Gasteiger charge is 2.17. The van der Waals surface area contributed by atoms with Crippen LogP contribution in [0.25, 0.3) is 16.7 Å². The molecule has 0 aliphatic carbocycles. The van der Waals surface area contributed by atoms with E-state index in [1.807, 2.05) is 26.8 Å². The van der Waals surface area contributed by atoms with Gasteiger partial charge >= 0.3 is 0 Å². The van der Waals surface area contributed by atoms with Crippen LogP contribution in [-0.2, 0) is 6.54 Å². The van der Waals surface area contributed by atoms with Gasteiger partial charge in [0.25, 0.3) is 11.5 Å². The summed E-state index contributed by atoms with van der Waals surface area (Å²) in [6.45, 7) is 6.32. The lowest BCUT2D eigenvalue weighted by Gasteiger charge is -2.15. The molecule has 0 N–H and O–H groups in total. The molecule has 0 spiro atoms. The number of aromatic nitrogens is 3. The van der Waals surface area contributed by atoms with Gasteiger partial charge in [-0.3, -0.25) is 14.0 Å². The maximum Gasteiger partial charge on any atom is 0.278 e. The Kier molecular flexibility index (Phi) is 5.80. The highest BCUT2D eigenvalue weighted by atomic mass is 16.5. The van der Waals surface area contributed by atoms with Crippen LogP contribution in [0.1, 0.15) is 35.3 Å². The minimum absolute atomic E-state index is 0.136. The molecule has 0 aliphatic heterocycles. The van der Waals surface area contributed by atoms with Crippen molar-refractivity contribution in [3.8, 4) is 11.8 Å². The van der Waals surface area contributed by atoms with Crippen molar-refractivity contribution in [3.63, 3.8) is 0 Å². The fraction of sp³-hybridized carbons (Fsp3) is 0.240. The molecule has 0 atom stereocenters. The molecule has 3 heterocycles. The Morgan fingerprint density at radius 1 is 1.21 bits per heavy atom. The molecule has 0 saturated heterocycles. The summed E-state index contributed by atoms with van der Waals surface area (Å²) in [5, 5.41) is 10.2. The zero-order valence-corrected chi connectivity index (χ0v) is 18.9. The Hall–Kier alpha value is -4.25. The first-order valence-electron chi connectivity index (χ1n) is 10.5. The Balaban J connectivity index is 2.08. The molecular formula is C25H23N5O3. The van der Waals surface area contributed by atoms with Crippen LogP contribution >= 0.6 is 0 Å². The molecule has 0 aliphatic rings. The van der Waals surface area contributed by atoms with Gasteiger partial charge in [-0.25, -0.2) is 4.98 Å². The lowest BCUT2D eigenvalue weighted by atomic mass is 10.1. The van der Waals surface area contributed by atoms with E-state index in [1.165, 1.54) is 10.5 Å². The second-order valence-electron chi connectivity index (χ2n) is 8.18. The van der Waals surface area contributed by atoms with Gasteiger partial charge in [0.2, 0.25) is 0 Å². The highest BCUT2D eigenvalue weighted by molar-refractivity contribution is 5.95. The van der Waals surface area contributed by atoms with E-state index in [4.69, 9.17) is 9.72 Å². The average Bonchev–Trinajstić information content (AvgIpc) is 2.81. The van der Waals surface area contributed by atoms with E-state index in [-0.39, 0.29) is 22.5 Å². The van der Waals surface area contributed by atoms with E-state index < -0.39 is 5.91 Å². The first-order chi connectivity index (χ1) is 15.8. The summed E-state index contributed by atoms with van der Waals surface area (Å²) in [6, 6.07) is 13.8. The normalized spacial score (nSPS) is 11.8. The summed E-state index contributed by atoms with van der Waals surface area (Å²) in [7, 11) is 1.55. The third kappa shape index (κ3) is 4.01. The fourth-order valence-electron chi connectivity index (χ4n) is 3.72. The molecule has 0 unspecified atom stereocenters. The maximum atomic E-state index is 13.3. The number of ether oxygens (including phenoxy) is 1. The number of hydrogen-bond acceptors (Lipinski definition) is 5. The van der Waals surface area contributed by atoms with Gasteiger partial charge in [0.1, 0.15) is 23.1 Å². The number of pyridine rings is 2. The van der Waals surface area contributed by atoms with Crippen LogP contribution in [0.5, 0.6) is 5.75 Å². The molecule has 1 amide bonds. The number of amides is 1. The fourth-order valence-corrected chi connectivity index (χ4v) is 3.72. The summed E-state index contributed by atoms with van der Waals surface area (Å²) in [5.74, 6) is 0.269. The first kappa shape index (κ1) is 22.0. The topological polar surface area (TPSA) is 102 Å². The zero-order valence-electron chi connectivity index (χ0n) is 18.9. The summed E-state index contributed by atoms with van der Waals surface area (Å²) in [4.78, 5) is 35.3. The SMILES string of the molecule is COc1ccc(C(=O)N=c2c(C#N)cc3c(=O)n4cccc(C)c4nc3n2CC(C)C)cc1. The predicted octanol–water partition coefficient (Wildman–Crippen LogP) is 3.24. The number of carbonyl (C=O) groups excluding carboxylic acids is 1. The van der Waals surface area contributed by atoms with Crippen LogP contribution in [0.15, 0.2) is 58.4 Å². The van der Waals surface area contributed by atoms with Gasteiger partial charge in [-0.2, -0.15) is 10.3 Å². The minimum Gasteiger partial charge on any atom is -0.497 e. The van der Waals surface area contributed by atoms with Gasteiger partial charge in [0.15, 0.2) is 5.49 Å². The van der Waals surface area contributed by atoms with E-state index >= 15 is 0 Å². The summed E-state index contributed by atoms with van der Waals surface area (Å²) >= 11 is 0. The van der Waals surface area contributed by atoms with Crippen molar-refractivity contribution < 1.29 is 9.53 Å². The first-order valence-corrected chi connectivity index (χ1v) is 10.5. The number of fused-ring (bicyclic) bond motifs is 2. The van der Waals surface area contributed by atoms with Gasteiger partial charge in [0.05, 0.1) is 18.1 Å². The largest absolute Gasteiger partial charge is 0.497 e. The number of hydrogen-bond donors (Lipinski definition) is 0. The van der Waals surface area contributed by atoms with Gasteiger partial charge in [0, 0.05) is 18.3 Å². The van der Waals surface area contributed by atoms with Crippen LogP contribution < -0.4 is 15.8 Å². The number of aryl methyl sites for hydroxylation is 1. The molecule has 0 bridgehead atoms. The lowest BCUT2D eigenvalue weighted by molar-refractivity contribution is 0.0997. The second kappa shape index (κ2) is 8.71.